The molecule has 3 nitrogen and oxygen atoms in total. The van der Waals surface area contributed by atoms with Gasteiger partial charge in [0.2, 0.25) is 0 Å². The van der Waals surface area contributed by atoms with Gasteiger partial charge in [0.1, 0.15) is 0 Å². The lowest BCUT2D eigenvalue weighted by Gasteiger charge is -2.18. The van der Waals surface area contributed by atoms with Crippen LogP contribution in [-0.2, 0) is 0 Å². The van der Waals surface area contributed by atoms with Gasteiger partial charge in [-0.2, -0.15) is 0 Å². The summed E-state index contributed by atoms with van der Waals surface area (Å²) in [4.78, 5) is 2.08. The molecule has 0 radical (unpaired) electrons. The fraction of sp³-hybridized carbons (Fsp3) is 0.200. The molecule has 0 aliphatic heterocycles. The van der Waals surface area contributed by atoms with E-state index in [9.17, 15) is 5.11 Å². The van der Waals surface area contributed by atoms with E-state index in [1.54, 1.807) is 13.2 Å². The molecule has 0 aliphatic rings. The van der Waals surface area contributed by atoms with E-state index in [0.717, 1.165) is 5.30 Å². The third kappa shape index (κ3) is 2.99. The highest BCUT2D eigenvalue weighted by molar-refractivity contribution is 7.56. The van der Waals surface area contributed by atoms with Crippen LogP contribution in [0.2, 0.25) is 0 Å². The molecular weight excluding hydrogens is 257 g/mol. The summed E-state index contributed by atoms with van der Waals surface area (Å²) in [6.45, 7) is 0. The Bertz CT molecular complexity index is 570. The van der Waals surface area contributed by atoms with Gasteiger partial charge in [-0.25, -0.2) is 0 Å². The number of nitrogens with zero attached hydrogens (tertiary/aromatic N) is 1. The first-order chi connectivity index (χ1) is 9.13. The number of anilines is 1. The molecule has 4 heteroatoms. The summed E-state index contributed by atoms with van der Waals surface area (Å²) < 4.78 is 5.15. The SMILES string of the molecule is COc1cccc(Pc2ccccc2N(C)C)c1O. The fourth-order valence-corrected chi connectivity index (χ4v) is 3.23. The number of ether oxygens (including phenoxy) is 1. The molecule has 0 aliphatic carbocycles. The van der Waals surface area contributed by atoms with E-state index in [4.69, 9.17) is 4.74 Å². The minimum atomic E-state index is 0.233. The highest BCUT2D eigenvalue weighted by Gasteiger charge is 2.10. The third-order valence-electron chi connectivity index (χ3n) is 2.87. The Balaban J connectivity index is 2.37. The van der Waals surface area contributed by atoms with Gasteiger partial charge in [-0.3, -0.25) is 0 Å². The van der Waals surface area contributed by atoms with Crippen LogP contribution in [0, 0.1) is 0 Å². The quantitative estimate of drug-likeness (QED) is 0.867. The summed E-state index contributed by atoms with van der Waals surface area (Å²) in [6.07, 6.45) is 0. The molecule has 2 aromatic rings. The van der Waals surface area contributed by atoms with Crippen LogP contribution in [-0.4, -0.2) is 26.3 Å². The Morgan fingerprint density at radius 2 is 1.68 bits per heavy atom. The summed E-state index contributed by atoms with van der Waals surface area (Å²) >= 11 is 0. The molecular formula is C15H18NO2P. The molecule has 0 aromatic heterocycles. The third-order valence-corrected chi connectivity index (χ3v) is 4.24. The van der Waals surface area contributed by atoms with Crippen molar-refractivity contribution in [3.8, 4) is 11.5 Å². The molecule has 2 aromatic carbocycles. The lowest BCUT2D eigenvalue weighted by atomic mass is 10.3. The number of hydrogen-bond acceptors (Lipinski definition) is 3. The Morgan fingerprint density at radius 3 is 2.37 bits per heavy atom. The van der Waals surface area contributed by atoms with E-state index in [1.165, 1.54) is 11.0 Å². The molecule has 0 amide bonds. The van der Waals surface area contributed by atoms with Gasteiger partial charge in [-0.1, -0.05) is 38.9 Å². The van der Waals surface area contributed by atoms with Crippen molar-refractivity contribution in [1.29, 1.82) is 0 Å². The summed E-state index contributed by atoms with van der Waals surface area (Å²) in [5.74, 6) is 0.754. The Morgan fingerprint density at radius 1 is 1.00 bits per heavy atom. The summed E-state index contributed by atoms with van der Waals surface area (Å²) in [6, 6.07) is 13.8. The Hall–Kier alpha value is -1.73. The zero-order chi connectivity index (χ0) is 13.8. The monoisotopic (exact) mass is 275 g/mol. The van der Waals surface area contributed by atoms with Crippen molar-refractivity contribution in [2.45, 2.75) is 0 Å². The van der Waals surface area contributed by atoms with Crippen LogP contribution in [0.1, 0.15) is 0 Å². The van der Waals surface area contributed by atoms with E-state index in [2.05, 4.69) is 17.0 Å². The molecule has 19 heavy (non-hydrogen) atoms. The predicted molar refractivity (Wildman–Crippen MR) is 83.0 cm³/mol. The van der Waals surface area contributed by atoms with E-state index in [-0.39, 0.29) is 5.75 Å². The van der Waals surface area contributed by atoms with Crippen LogP contribution in [0.3, 0.4) is 0 Å². The highest BCUT2D eigenvalue weighted by Crippen LogP contribution is 2.29. The van der Waals surface area contributed by atoms with Crippen LogP contribution >= 0.6 is 8.58 Å². The molecule has 0 saturated carbocycles. The average Bonchev–Trinajstić information content (AvgIpc) is 2.41. The van der Waals surface area contributed by atoms with Crippen molar-refractivity contribution in [3.05, 3.63) is 42.5 Å². The maximum absolute atomic E-state index is 10.1. The van der Waals surface area contributed by atoms with Crippen molar-refractivity contribution in [3.63, 3.8) is 0 Å². The highest BCUT2D eigenvalue weighted by atomic mass is 31.1. The van der Waals surface area contributed by atoms with Crippen molar-refractivity contribution < 1.29 is 9.84 Å². The van der Waals surface area contributed by atoms with Gasteiger partial charge >= 0.3 is 0 Å². The van der Waals surface area contributed by atoms with Crippen LogP contribution in [0.5, 0.6) is 11.5 Å². The van der Waals surface area contributed by atoms with Crippen molar-refractivity contribution in [2.75, 3.05) is 26.1 Å². The number of benzene rings is 2. The minimum absolute atomic E-state index is 0.233. The van der Waals surface area contributed by atoms with Gasteiger partial charge in [0, 0.05) is 30.4 Å². The fourth-order valence-electron chi connectivity index (χ4n) is 1.90. The second-order valence-electron chi connectivity index (χ2n) is 4.39. The van der Waals surface area contributed by atoms with E-state index >= 15 is 0 Å². The molecule has 0 saturated heterocycles. The molecule has 0 spiro atoms. The van der Waals surface area contributed by atoms with Gasteiger partial charge in [0.05, 0.1) is 7.11 Å². The molecule has 0 fully saturated rings. The predicted octanol–water partition coefficient (Wildman–Crippen LogP) is 2.10. The van der Waals surface area contributed by atoms with Crippen molar-refractivity contribution in [2.24, 2.45) is 0 Å². The smallest absolute Gasteiger partial charge is 0.165 e. The number of para-hydroxylation sites is 2. The topological polar surface area (TPSA) is 32.7 Å². The van der Waals surface area contributed by atoms with E-state index in [0.29, 0.717) is 14.3 Å². The minimum Gasteiger partial charge on any atom is -0.504 e. The largest absolute Gasteiger partial charge is 0.504 e. The standard InChI is InChI=1S/C15H18NO2P/c1-16(2)11-7-4-5-9-13(11)19-14-10-6-8-12(18-3)15(14)17/h4-10,17,19H,1-3H3. The maximum Gasteiger partial charge on any atom is 0.165 e. The first kappa shape index (κ1) is 13.7. The van der Waals surface area contributed by atoms with Crippen LogP contribution in [0.4, 0.5) is 5.69 Å². The zero-order valence-electron chi connectivity index (χ0n) is 11.3. The summed E-state index contributed by atoms with van der Waals surface area (Å²) in [5, 5.41) is 12.2. The van der Waals surface area contributed by atoms with Crippen LogP contribution in [0.15, 0.2) is 42.5 Å². The van der Waals surface area contributed by atoms with Crippen LogP contribution in [0.25, 0.3) is 0 Å². The maximum atomic E-state index is 10.1. The average molecular weight is 275 g/mol. The normalized spacial score (nSPS) is 10.9. The molecule has 1 atom stereocenters. The number of methoxy groups -OCH3 is 1. The lowest BCUT2D eigenvalue weighted by Crippen LogP contribution is -2.17. The van der Waals surface area contributed by atoms with Crippen molar-refractivity contribution in [1.82, 2.24) is 0 Å². The Labute approximate surface area is 115 Å². The molecule has 0 bridgehead atoms. The number of aromatic hydroxyl groups is 1. The van der Waals surface area contributed by atoms with Crippen molar-refractivity contribution >= 4 is 24.9 Å². The Kier molecular flexibility index (Phi) is 4.28. The second-order valence-corrected chi connectivity index (χ2v) is 5.72. The van der Waals surface area contributed by atoms with E-state index in [1.807, 2.05) is 38.4 Å². The first-order valence-electron chi connectivity index (χ1n) is 6.03. The van der Waals surface area contributed by atoms with Crippen LogP contribution < -0.4 is 20.2 Å². The number of rotatable bonds is 4. The van der Waals surface area contributed by atoms with E-state index < -0.39 is 0 Å². The van der Waals surface area contributed by atoms with Gasteiger partial charge in [-0.05, 0) is 12.1 Å². The van der Waals surface area contributed by atoms with Gasteiger partial charge < -0.3 is 14.7 Å². The van der Waals surface area contributed by atoms with Gasteiger partial charge in [0.15, 0.2) is 11.5 Å². The second kappa shape index (κ2) is 5.94. The lowest BCUT2D eigenvalue weighted by molar-refractivity contribution is 0.375. The first-order valence-corrected chi connectivity index (χ1v) is 7.03. The zero-order valence-corrected chi connectivity index (χ0v) is 12.3. The molecule has 0 heterocycles. The number of phenols is 1. The molecule has 1 N–H and O–H groups in total. The van der Waals surface area contributed by atoms with Gasteiger partial charge in [0.25, 0.3) is 0 Å². The summed E-state index contributed by atoms with van der Waals surface area (Å²) in [5.41, 5.74) is 1.17. The number of hydrogen-bond donors (Lipinski definition) is 1. The number of phenolic OH excluding ortho intramolecular Hbond substituents is 1. The molecule has 2 rings (SSSR count). The van der Waals surface area contributed by atoms with Gasteiger partial charge in [-0.15, -0.1) is 0 Å². The summed E-state index contributed by atoms with van der Waals surface area (Å²) in [7, 11) is 6.01. The molecule has 1 unspecified atom stereocenters. The molecule has 100 valence electrons.